The molecular weight excluding hydrogens is 284 g/mol. The Balaban J connectivity index is 2.06. The molecule has 0 heterocycles. The maximum atomic E-state index is 13.1. The van der Waals surface area contributed by atoms with Gasteiger partial charge in [0.25, 0.3) is 0 Å². The van der Waals surface area contributed by atoms with Crippen LogP contribution in [0.15, 0.2) is 60.7 Å². The molecule has 0 N–H and O–H groups in total. The highest BCUT2D eigenvalue weighted by Crippen LogP contribution is 2.66. The maximum absolute atomic E-state index is 13.1. The molecular formula is C21H24O2. The molecule has 0 bridgehead atoms. The van der Waals surface area contributed by atoms with Crippen molar-refractivity contribution in [2.75, 3.05) is 0 Å². The van der Waals surface area contributed by atoms with E-state index in [4.69, 9.17) is 4.74 Å². The second-order valence-electron chi connectivity index (χ2n) is 7.65. The van der Waals surface area contributed by atoms with Crippen LogP contribution in [0, 0.1) is 0 Å². The van der Waals surface area contributed by atoms with Crippen molar-refractivity contribution in [3.05, 3.63) is 71.8 Å². The van der Waals surface area contributed by atoms with Crippen LogP contribution in [-0.2, 0) is 20.4 Å². The van der Waals surface area contributed by atoms with Crippen LogP contribution in [0.4, 0.5) is 0 Å². The molecule has 0 unspecified atom stereocenters. The number of ether oxygens (including phenoxy) is 1. The molecule has 120 valence electrons. The van der Waals surface area contributed by atoms with Gasteiger partial charge in [-0.25, -0.2) is 0 Å². The van der Waals surface area contributed by atoms with E-state index in [1.807, 2.05) is 69.3 Å². The average Bonchev–Trinajstić information content (AvgIpc) is 3.17. The van der Waals surface area contributed by atoms with Gasteiger partial charge in [0.2, 0.25) is 0 Å². The SMILES string of the molecule is CC(C)(C)OC(=O)[C@]1(c2ccccc2)C[C@@]1(C)c1ccccc1. The third-order valence-corrected chi connectivity index (χ3v) is 4.86. The molecule has 0 saturated heterocycles. The van der Waals surface area contributed by atoms with E-state index >= 15 is 0 Å². The van der Waals surface area contributed by atoms with Crippen molar-refractivity contribution in [1.82, 2.24) is 0 Å². The zero-order valence-corrected chi connectivity index (χ0v) is 14.3. The van der Waals surface area contributed by atoms with Crippen molar-refractivity contribution in [2.24, 2.45) is 0 Å². The number of rotatable bonds is 3. The van der Waals surface area contributed by atoms with Crippen molar-refractivity contribution in [3.63, 3.8) is 0 Å². The molecule has 1 fully saturated rings. The van der Waals surface area contributed by atoms with Gasteiger partial charge in [0, 0.05) is 5.41 Å². The Bertz CT molecular complexity index is 700. The van der Waals surface area contributed by atoms with Crippen LogP contribution in [0.2, 0.25) is 0 Å². The Labute approximate surface area is 138 Å². The molecule has 0 spiro atoms. The smallest absolute Gasteiger partial charge is 0.318 e. The van der Waals surface area contributed by atoms with Crippen LogP contribution in [0.3, 0.4) is 0 Å². The fraction of sp³-hybridized carbons (Fsp3) is 0.381. The van der Waals surface area contributed by atoms with E-state index in [9.17, 15) is 4.79 Å². The number of hydrogen-bond donors (Lipinski definition) is 0. The summed E-state index contributed by atoms with van der Waals surface area (Å²) in [6.45, 7) is 7.93. The largest absolute Gasteiger partial charge is 0.459 e. The monoisotopic (exact) mass is 308 g/mol. The lowest BCUT2D eigenvalue weighted by atomic mass is 9.82. The van der Waals surface area contributed by atoms with Gasteiger partial charge in [-0.1, -0.05) is 67.6 Å². The van der Waals surface area contributed by atoms with Gasteiger partial charge in [-0.3, -0.25) is 4.79 Å². The van der Waals surface area contributed by atoms with Gasteiger partial charge in [-0.2, -0.15) is 0 Å². The molecule has 2 heteroatoms. The van der Waals surface area contributed by atoms with E-state index in [0.29, 0.717) is 0 Å². The van der Waals surface area contributed by atoms with E-state index in [-0.39, 0.29) is 11.4 Å². The topological polar surface area (TPSA) is 26.3 Å². The quantitative estimate of drug-likeness (QED) is 0.773. The predicted octanol–water partition coefficient (Wildman–Crippen LogP) is 4.63. The lowest BCUT2D eigenvalue weighted by Gasteiger charge is -2.27. The van der Waals surface area contributed by atoms with Crippen molar-refractivity contribution in [1.29, 1.82) is 0 Å². The first kappa shape index (κ1) is 15.8. The van der Waals surface area contributed by atoms with Gasteiger partial charge in [0.15, 0.2) is 0 Å². The lowest BCUT2D eigenvalue weighted by Crippen LogP contribution is -2.36. The third kappa shape index (κ3) is 2.56. The highest BCUT2D eigenvalue weighted by Gasteiger charge is 2.71. The van der Waals surface area contributed by atoms with Gasteiger partial charge in [0.1, 0.15) is 11.0 Å². The van der Waals surface area contributed by atoms with Crippen molar-refractivity contribution < 1.29 is 9.53 Å². The summed E-state index contributed by atoms with van der Waals surface area (Å²) in [7, 11) is 0. The normalized spacial score (nSPS) is 26.6. The first-order chi connectivity index (χ1) is 10.8. The summed E-state index contributed by atoms with van der Waals surface area (Å²) >= 11 is 0. The van der Waals surface area contributed by atoms with Gasteiger partial charge in [-0.15, -0.1) is 0 Å². The Morgan fingerprint density at radius 2 is 1.39 bits per heavy atom. The molecule has 2 aromatic rings. The van der Waals surface area contributed by atoms with Crippen LogP contribution >= 0.6 is 0 Å². The number of carbonyl (C=O) groups is 1. The molecule has 3 rings (SSSR count). The summed E-state index contributed by atoms with van der Waals surface area (Å²) in [6.07, 6.45) is 0.781. The van der Waals surface area contributed by atoms with Crippen LogP contribution in [0.5, 0.6) is 0 Å². The Morgan fingerprint density at radius 3 is 1.87 bits per heavy atom. The zero-order chi connectivity index (χ0) is 16.7. The first-order valence-corrected chi connectivity index (χ1v) is 8.14. The standard InChI is InChI=1S/C21H24O2/c1-19(2,3)23-18(22)21(17-13-9-6-10-14-17)15-20(21,4)16-11-7-5-8-12-16/h5-14H,15H2,1-4H3/t20-,21+/m0/s1. The molecule has 2 atom stereocenters. The molecule has 0 aliphatic heterocycles. The third-order valence-electron chi connectivity index (χ3n) is 4.86. The highest BCUT2D eigenvalue weighted by atomic mass is 16.6. The molecule has 0 amide bonds. The highest BCUT2D eigenvalue weighted by molar-refractivity contribution is 5.91. The maximum Gasteiger partial charge on any atom is 0.318 e. The van der Waals surface area contributed by atoms with E-state index in [1.54, 1.807) is 0 Å². The number of hydrogen-bond acceptors (Lipinski definition) is 2. The van der Waals surface area contributed by atoms with Crippen molar-refractivity contribution >= 4 is 5.97 Å². The number of benzene rings is 2. The lowest BCUT2D eigenvalue weighted by molar-refractivity contribution is -0.158. The summed E-state index contributed by atoms with van der Waals surface area (Å²) in [5.74, 6) is -0.123. The molecule has 23 heavy (non-hydrogen) atoms. The number of esters is 1. The summed E-state index contributed by atoms with van der Waals surface area (Å²) in [5, 5.41) is 0. The summed E-state index contributed by atoms with van der Waals surface area (Å²) in [4.78, 5) is 13.1. The molecule has 2 nitrogen and oxygen atoms in total. The van der Waals surface area contributed by atoms with Gasteiger partial charge >= 0.3 is 5.97 Å². The first-order valence-electron chi connectivity index (χ1n) is 8.14. The summed E-state index contributed by atoms with van der Waals surface area (Å²) in [5.41, 5.74) is 0.926. The van der Waals surface area contributed by atoms with E-state index in [1.165, 1.54) is 5.56 Å². The Kier molecular flexibility index (Phi) is 3.59. The van der Waals surface area contributed by atoms with Crippen molar-refractivity contribution in [2.45, 2.75) is 50.5 Å². The van der Waals surface area contributed by atoms with E-state index in [0.717, 1.165) is 12.0 Å². The minimum atomic E-state index is -0.594. The van der Waals surface area contributed by atoms with E-state index in [2.05, 4.69) is 19.1 Å². The minimum absolute atomic E-state index is 0.123. The molecule has 0 aromatic heterocycles. The van der Waals surface area contributed by atoms with Crippen LogP contribution in [0.1, 0.15) is 45.2 Å². The van der Waals surface area contributed by atoms with Crippen LogP contribution in [-0.4, -0.2) is 11.6 Å². The molecule has 0 radical (unpaired) electrons. The molecule has 2 aromatic carbocycles. The molecule has 1 aliphatic carbocycles. The Morgan fingerprint density at radius 1 is 0.913 bits per heavy atom. The fourth-order valence-corrected chi connectivity index (χ4v) is 3.56. The van der Waals surface area contributed by atoms with Crippen LogP contribution < -0.4 is 0 Å². The summed E-state index contributed by atoms with van der Waals surface area (Å²) in [6, 6.07) is 20.3. The predicted molar refractivity (Wildman–Crippen MR) is 92.4 cm³/mol. The summed E-state index contributed by atoms with van der Waals surface area (Å²) < 4.78 is 5.80. The van der Waals surface area contributed by atoms with Gasteiger partial charge < -0.3 is 4.74 Å². The fourth-order valence-electron chi connectivity index (χ4n) is 3.56. The number of carbonyl (C=O) groups excluding carboxylic acids is 1. The van der Waals surface area contributed by atoms with E-state index < -0.39 is 11.0 Å². The minimum Gasteiger partial charge on any atom is -0.459 e. The Hall–Kier alpha value is -2.09. The van der Waals surface area contributed by atoms with Crippen molar-refractivity contribution in [3.8, 4) is 0 Å². The second kappa shape index (κ2) is 5.23. The molecule has 1 aliphatic rings. The van der Waals surface area contributed by atoms with Gasteiger partial charge in [0.05, 0.1) is 0 Å². The molecule has 1 saturated carbocycles. The van der Waals surface area contributed by atoms with Gasteiger partial charge in [-0.05, 0) is 38.3 Å². The van der Waals surface area contributed by atoms with Crippen LogP contribution in [0.25, 0.3) is 0 Å². The zero-order valence-electron chi connectivity index (χ0n) is 14.3. The average molecular weight is 308 g/mol. The second-order valence-corrected chi connectivity index (χ2v) is 7.65.